The van der Waals surface area contributed by atoms with Gasteiger partial charge in [0.25, 0.3) is 5.91 Å². The molecule has 7 nitrogen and oxygen atoms in total. The van der Waals surface area contributed by atoms with Gasteiger partial charge < -0.3 is 5.32 Å². The molecule has 0 aliphatic carbocycles. The van der Waals surface area contributed by atoms with Crippen molar-refractivity contribution >= 4 is 17.4 Å². The standard InChI is InChI=1S/C13H12N6OS/c20-13(12-9-21-18-16-12)14-6-11-8-19(17-15-11)7-10-4-2-1-3-5-10/h1-5,8-9H,6-7H2,(H,14,20). The number of nitrogens with zero attached hydrogens (tertiary/aromatic N) is 5. The number of rotatable bonds is 5. The summed E-state index contributed by atoms with van der Waals surface area (Å²) < 4.78 is 5.39. The van der Waals surface area contributed by atoms with Crippen LogP contribution in [-0.2, 0) is 13.1 Å². The van der Waals surface area contributed by atoms with E-state index in [0.29, 0.717) is 24.5 Å². The van der Waals surface area contributed by atoms with Gasteiger partial charge in [0.15, 0.2) is 5.69 Å². The summed E-state index contributed by atoms with van der Waals surface area (Å²) >= 11 is 1.14. The van der Waals surface area contributed by atoms with Crippen LogP contribution in [0.25, 0.3) is 0 Å². The minimum Gasteiger partial charge on any atom is -0.345 e. The highest BCUT2D eigenvalue weighted by Crippen LogP contribution is 2.02. The van der Waals surface area contributed by atoms with Crippen molar-refractivity contribution < 1.29 is 4.79 Å². The lowest BCUT2D eigenvalue weighted by atomic mass is 10.2. The lowest BCUT2D eigenvalue weighted by Crippen LogP contribution is -2.23. The Bertz CT molecular complexity index is 709. The summed E-state index contributed by atoms with van der Waals surface area (Å²) in [5.74, 6) is -0.263. The number of nitrogens with one attached hydrogen (secondary N) is 1. The van der Waals surface area contributed by atoms with Crippen LogP contribution in [-0.4, -0.2) is 30.5 Å². The third kappa shape index (κ3) is 3.48. The van der Waals surface area contributed by atoms with Crippen molar-refractivity contribution in [2.45, 2.75) is 13.1 Å². The molecule has 0 fully saturated rings. The zero-order valence-electron chi connectivity index (χ0n) is 11.0. The molecule has 0 radical (unpaired) electrons. The molecule has 0 spiro atoms. The smallest absolute Gasteiger partial charge is 0.273 e. The lowest BCUT2D eigenvalue weighted by molar-refractivity contribution is 0.0945. The Morgan fingerprint density at radius 2 is 2.10 bits per heavy atom. The van der Waals surface area contributed by atoms with Gasteiger partial charge in [-0.05, 0) is 17.1 Å². The SMILES string of the molecule is O=C(NCc1cn(Cc2ccccc2)nn1)c1csnn1. The van der Waals surface area contributed by atoms with Crippen molar-refractivity contribution in [2.24, 2.45) is 0 Å². The number of aromatic nitrogens is 5. The first-order valence-corrected chi connectivity index (χ1v) is 7.13. The van der Waals surface area contributed by atoms with Gasteiger partial charge in [-0.25, -0.2) is 4.68 Å². The molecule has 3 rings (SSSR count). The second kappa shape index (κ2) is 6.23. The van der Waals surface area contributed by atoms with E-state index in [-0.39, 0.29) is 5.91 Å². The number of benzene rings is 1. The van der Waals surface area contributed by atoms with Crippen LogP contribution in [0.5, 0.6) is 0 Å². The first kappa shape index (κ1) is 13.4. The number of hydrogen-bond donors (Lipinski definition) is 1. The fourth-order valence-corrected chi connectivity index (χ4v) is 2.23. The molecule has 0 atom stereocenters. The van der Waals surface area contributed by atoms with Gasteiger partial charge in [-0.3, -0.25) is 4.79 Å². The van der Waals surface area contributed by atoms with Crippen LogP contribution >= 0.6 is 11.5 Å². The molecule has 0 bridgehead atoms. The molecule has 0 aliphatic heterocycles. The summed E-state index contributed by atoms with van der Waals surface area (Å²) in [7, 11) is 0. The number of hydrogen-bond acceptors (Lipinski definition) is 6. The van der Waals surface area contributed by atoms with Crippen molar-refractivity contribution in [1.29, 1.82) is 0 Å². The van der Waals surface area contributed by atoms with E-state index in [1.807, 2.05) is 36.5 Å². The molecule has 1 aromatic carbocycles. The van der Waals surface area contributed by atoms with Gasteiger partial charge in [-0.2, -0.15) is 0 Å². The maximum atomic E-state index is 11.7. The molecule has 106 valence electrons. The zero-order valence-corrected chi connectivity index (χ0v) is 11.8. The summed E-state index contributed by atoms with van der Waals surface area (Å²) in [6.45, 7) is 0.961. The van der Waals surface area contributed by atoms with Gasteiger partial charge in [-0.15, -0.1) is 10.2 Å². The highest BCUT2D eigenvalue weighted by atomic mass is 32.1. The molecule has 2 aromatic heterocycles. The molecule has 2 heterocycles. The van der Waals surface area contributed by atoms with Gasteiger partial charge in [-0.1, -0.05) is 40.0 Å². The second-order valence-electron chi connectivity index (χ2n) is 4.37. The summed E-state index contributed by atoms with van der Waals surface area (Å²) in [4.78, 5) is 11.7. The lowest BCUT2D eigenvalue weighted by Gasteiger charge is -2.00. The molecule has 1 amide bonds. The Morgan fingerprint density at radius 1 is 1.24 bits per heavy atom. The molecular weight excluding hydrogens is 288 g/mol. The van der Waals surface area contributed by atoms with Gasteiger partial charge in [0.1, 0.15) is 5.69 Å². The predicted octanol–water partition coefficient (Wildman–Crippen LogP) is 1.11. The minimum atomic E-state index is -0.263. The Kier molecular flexibility index (Phi) is 3.97. The van der Waals surface area contributed by atoms with Crippen molar-refractivity contribution in [3.63, 3.8) is 0 Å². The molecule has 0 saturated carbocycles. The average molecular weight is 300 g/mol. The fraction of sp³-hybridized carbons (Fsp3) is 0.154. The summed E-state index contributed by atoms with van der Waals surface area (Å²) in [6.07, 6.45) is 1.81. The topological polar surface area (TPSA) is 85.6 Å². The third-order valence-corrected chi connectivity index (χ3v) is 3.30. The zero-order chi connectivity index (χ0) is 14.5. The first-order valence-electron chi connectivity index (χ1n) is 6.29. The minimum absolute atomic E-state index is 0.263. The van der Waals surface area contributed by atoms with Gasteiger partial charge in [0.05, 0.1) is 19.3 Å². The Hall–Kier alpha value is -2.61. The maximum absolute atomic E-state index is 11.7. The molecule has 1 N–H and O–H groups in total. The van der Waals surface area contributed by atoms with Crippen LogP contribution in [0.3, 0.4) is 0 Å². The van der Waals surface area contributed by atoms with E-state index in [4.69, 9.17) is 0 Å². The quantitative estimate of drug-likeness (QED) is 0.763. The molecule has 0 aliphatic rings. The fourth-order valence-electron chi connectivity index (χ4n) is 1.79. The van der Waals surface area contributed by atoms with Gasteiger partial charge in [0, 0.05) is 5.38 Å². The normalized spacial score (nSPS) is 10.5. The van der Waals surface area contributed by atoms with E-state index in [1.54, 1.807) is 10.1 Å². The van der Waals surface area contributed by atoms with E-state index in [0.717, 1.165) is 17.1 Å². The maximum Gasteiger partial charge on any atom is 0.273 e. The van der Waals surface area contributed by atoms with E-state index in [1.165, 1.54) is 0 Å². The third-order valence-electron chi connectivity index (χ3n) is 2.80. The van der Waals surface area contributed by atoms with Crippen molar-refractivity contribution in [1.82, 2.24) is 29.9 Å². The van der Waals surface area contributed by atoms with Crippen LogP contribution in [0.15, 0.2) is 41.9 Å². The predicted molar refractivity (Wildman–Crippen MR) is 76.6 cm³/mol. The highest BCUT2D eigenvalue weighted by Gasteiger charge is 2.09. The van der Waals surface area contributed by atoms with Crippen LogP contribution in [0.4, 0.5) is 0 Å². The number of amides is 1. The summed E-state index contributed by atoms with van der Waals surface area (Å²) in [6, 6.07) is 9.99. The van der Waals surface area contributed by atoms with Crippen molar-refractivity contribution in [2.75, 3.05) is 0 Å². The van der Waals surface area contributed by atoms with Crippen molar-refractivity contribution in [3.05, 3.63) is 58.9 Å². The van der Waals surface area contributed by atoms with Crippen LogP contribution in [0.1, 0.15) is 21.7 Å². The molecular formula is C13H12N6OS. The van der Waals surface area contributed by atoms with Crippen molar-refractivity contribution in [3.8, 4) is 0 Å². The van der Waals surface area contributed by atoms with Crippen LogP contribution < -0.4 is 5.32 Å². The molecule has 0 saturated heterocycles. The average Bonchev–Trinajstić information content (AvgIpc) is 3.17. The van der Waals surface area contributed by atoms with E-state index < -0.39 is 0 Å². The Balaban J connectivity index is 1.57. The monoisotopic (exact) mass is 300 g/mol. The Morgan fingerprint density at radius 3 is 2.86 bits per heavy atom. The molecule has 21 heavy (non-hydrogen) atoms. The highest BCUT2D eigenvalue weighted by molar-refractivity contribution is 7.03. The number of carbonyl (C=O) groups is 1. The first-order chi connectivity index (χ1) is 10.3. The van der Waals surface area contributed by atoms with Crippen LogP contribution in [0, 0.1) is 0 Å². The van der Waals surface area contributed by atoms with Gasteiger partial charge >= 0.3 is 0 Å². The van der Waals surface area contributed by atoms with Gasteiger partial charge in [0.2, 0.25) is 0 Å². The van der Waals surface area contributed by atoms with E-state index in [9.17, 15) is 4.79 Å². The van der Waals surface area contributed by atoms with Crippen LogP contribution in [0.2, 0.25) is 0 Å². The number of carbonyl (C=O) groups excluding carboxylic acids is 1. The largest absolute Gasteiger partial charge is 0.345 e. The molecule has 8 heteroatoms. The second-order valence-corrected chi connectivity index (χ2v) is 4.98. The molecule has 3 aromatic rings. The van der Waals surface area contributed by atoms with E-state index in [2.05, 4.69) is 25.2 Å². The summed E-state index contributed by atoms with van der Waals surface area (Å²) in [5, 5.41) is 16.1. The Labute approximate surface area is 124 Å². The van der Waals surface area contributed by atoms with E-state index >= 15 is 0 Å². The summed E-state index contributed by atoms with van der Waals surface area (Å²) in [5.41, 5.74) is 2.16. The molecule has 0 unspecified atom stereocenters.